The van der Waals surface area contributed by atoms with Gasteiger partial charge in [0.25, 0.3) is 0 Å². The fourth-order valence-corrected chi connectivity index (χ4v) is 3.99. The molecular weight excluding hydrogens is 342 g/mol. The number of methoxy groups -OCH3 is 1. The SMILES string of the molecule is COc1ccc2c(c1)CC(NC(=O)C1CCN(C(=O)NC(C)C)CC1)CC2. The van der Waals surface area contributed by atoms with E-state index in [4.69, 9.17) is 4.74 Å². The molecule has 0 spiro atoms. The molecule has 1 heterocycles. The van der Waals surface area contributed by atoms with Crippen LogP contribution in [-0.4, -0.2) is 49.1 Å². The van der Waals surface area contributed by atoms with E-state index in [9.17, 15) is 9.59 Å². The number of aryl methyl sites for hydroxylation is 1. The van der Waals surface area contributed by atoms with Crippen molar-refractivity contribution in [2.45, 2.75) is 58.0 Å². The lowest BCUT2D eigenvalue weighted by molar-refractivity contribution is -0.127. The zero-order valence-corrected chi connectivity index (χ0v) is 16.6. The van der Waals surface area contributed by atoms with E-state index in [-0.39, 0.29) is 29.9 Å². The second-order valence-corrected chi connectivity index (χ2v) is 7.95. The van der Waals surface area contributed by atoms with Gasteiger partial charge in [-0.3, -0.25) is 4.79 Å². The van der Waals surface area contributed by atoms with Gasteiger partial charge in [-0.25, -0.2) is 4.79 Å². The van der Waals surface area contributed by atoms with Crippen LogP contribution in [0.15, 0.2) is 18.2 Å². The van der Waals surface area contributed by atoms with Crippen LogP contribution in [-0.2, 0) is 17.6 Å². The molecule has 0 saturated carbocycles. The quantitative estimate of drug-likeness (QED) is 0.852. The summed E-state index contributed by atoms with van der Waals surface area (Å²) in [5.41, 5.74) is 2.62. The van der Waals surface area contributed by atoms with Crippen LogP contribution in [0.3, 0.4) is 0 Å². The average Bonchev–Trinajstić information content (AvgIpc) is 2.67. The summed E-state index contributed by atoms with van der Waals surface area (Å²) in [5.74, 6) is 1.00. The van der Waals surface area contributed by atoms with Crippen molar-refractivity contribution in [1.29, 1.82) is 0 Å². The molecule has 27 heavy (non-hydrogen) atoms. The first-order chi connectivity index (χ1) is 13.0. The third kappa shape index (κ3) is 4.93. The van der Waals surface area contributed by atoms with E-state index in [1.54, 1.807) is 7.11 Å². The fourth-order valence-electron chi connectivity index (χ4n) is 3.99. The molecule has 2 N–H and O–H groups in total. The summed E-state index contributed by atoms with van der Waals surface area (Å²) in [5, 5.41) is 6.16. The van der Waals surface area contributed by atoms with Crippen molar-refractivity contribution in [3.8, 4) is 5.75 Å². The number of nitrogens with zero attached hydrogens (tertiary/aromatic N) is 1. The molecule has 148 valence electrons. The van der Waals surface area contributed by atoms with Gasteiger partial charge in [0.1, 0.15) is 5.75 Å². The predicted molar refractivity (Wildman–Crippen MR) is 105 cm³/mol. The van der Waals surface area contributed by atoms with Gasteiger partial charge in [-0.2, -0.15) is 0 Å². The molecule has 0 aromatic heterocycles. The van der Waals surface area contributed by atoms with E-state index in [1.807, 2.05) is 24.8 Å². The number of urea groups is 1. The molecular formula is C21H31N3O3. The van der Waals surface area contributed by atoms with E-state index < -0.39 is 0 Å². The Bertz CT molecular complexity index is 681. The number of amides is 3. The van der Waals surface area contributed by atoms with Gasteiger partial charge in [-0.1, -0.05) is 6.07 Å². The molecule has 1 unspecified atom stereocenters. The van der Waals surface area contributed by atoms with Gasteiger partial charge < -0.3 is 20.3 Å². The number of fused-ring (bicyclic) bond motifs is 1. The second kappa shape index (κ2) is 8.63. The molecule has 1 aromatic rings. The number of carbonyl (C=O) groups excluding carboxylic acids is 2. The summed E-state index contributed by atoms with van der Waals surface area (Å²) in [7, 11) is 1.68. The van der Waals surface area contributed by atoms with Gasteiger partial charge in [0.2, 0.25) is 5.91 Å². The number of nitrogens with one attached hydrogen (secondary N) is 2. The Balaban J connectivity index is 1.49. The number of rotatable bonds is 4. The smallest absolute Gasteiger partial charge is 0.317 e. The number of carbonyl (C=O) groups is 2. The normalized spacial score (nSPS) is 20.1. The van der Waals surface area contributed by atoms with Crippen molar-refractivity contribution in [3.05, 3.63) is 29.3 Å². The minimum absolute atomic E-state index is 0.000179. The number of benzene rings is 1. The molecule has 1 aliphatic carbocycles. The highest BCUT2D eigenvalue weighted by Gasteiger charge is 2.29. The molecule has 3 rings (SSSR count). The van der Waals surface area contributed by atoms with E-state index >= 15 is 0 Å². The first-order valence-corrected chi connectivity index (χ1v) is 9.98. The first kappa shape index (κ1) is 19.5. The van der Waals surface area contributed by atoms with Crippen molar-refractivity contribution < 1.29 is 14.3 Å². The summed E-state index contributed by atoms with van der Waals surface area (Å²) in [6.45, 7) is 5.19. The number of piperidine rings is 1. The van der Waals surface area contributed by atoms with E-state index in [2.05, 4.69) is 22.8 Å². The van der Waals surface area contributed by atoms with Crippen molar-refractivity contribution in [1.82, 2.24) is 15.5 Å². The van der Waals surface area contributed by atoms with Crippen LogP contribution >= 0.6 is 0 Å². The lowest BCUT2D eigenvalue weighted by Gasteiger charge is -2.33. The maximum absolute atomic E-state index is 12.7. The minimum atomic E-state index is -0.0262. The van der Waals surface area contributed by atoms with E-state index in [0.717, 1.165) is 37.9 Å². The fraction of sp³-hybridized carbons (Fsp3) is 0.619. The van der Waals surface area contributed by atoms with Crippen molar-refractivity contribution in [2.24, 2.45) is 5.92 Å². The summed E-state index contributed by atoms with van der Waals surface area (Å²) >= 11 is 0. The van der Waals surface area contributed by atoms with Gasteiger partial charge >= 0.3 is 6.03 Å². The highest BCUT2D eigenvalue weighted by Crippen LogP contribution is 2.26. The Morgan fingerprint density at radius 1 is 1.15 bits per heavy atom. The average molecular weight is 373 g/mol. The third-order valence-electron chi connectivity index (χ3n) is 5.55. The minimum Gasteiger partial charge on any atom is -0.497 e. The monoisotopic (exact) mass is 373 g/mol. The Hall–Kier alpha value is -2.24. The molecule has 6 nitrogen and oxygen atoms in total. The standard InChI is InChI=1S/C21H31N3O3/c1-14(2)22-21(26)24-10-8-16(9-11-24)20(25)23-18-6-4-15-5-7-19(27-3)13-17(15)12-18/h5,7,13-14,16,18H,4,6,8-12H2,1-3H3,(H,22,26)(H,23,25). The Morgan fingerprint density at radius 2 is 1.89 bits per heavy atom. The zero-order chi connectivity index (χ0) is 19.4. The van der Waals surface area contributed by atoms with Gasteiger partial charge in [0.15, 0.2) is 0 Å². The van der Waals surface area contributed by atoms with Crippen LogP contribution in [0.5, 0.6) is 5.75 Å². The van der Waals surface area contributed by atoms with Crippen LogP contribution in [0.2, 0.25) is 0 Å². The topological polar surface area (TPSA) is 70.7 Å². The van der Waals surface area contributed by atoms with Crippen LogP contribution in [0, 0.1) is 5.92 Å². The summed E-state index contributed by atoms with van der Waals surface area (Å²) in [4.78, 5) is 26.6. The maximum Gasteiger partial charge on any atom is 0.317 e. The lowest BCUT2D eigenvalue weighted by atomic mass is 9.87. The molecule has 0 bridgehead atoms. The van der Waals surface area contributed by atoms with Gasteiger partial charge in [0.05, 0.1) is 7.11 Å². The number of hydrogen-bond acceptors (Lipinski definition) is 3. The molecule has 0 radical (unpaired) electrons. The van der Waals surface area contributed by atoms with Crippen LogP contribution in [0.4, 0.5) is 4.79 Å². The van der Waals surface area contributed by atoms with E-state index in [1.165, 1.54) is 11.1 Å². The van der Waals surface area contributed by atoms with Crippen LogP contribution < -0.4 is 15.4 Å². The summed E-state index contributed by atoms with van der Waals surface area (Å²) in [6.07, 6.45) is 4.27. The Morgan fingerprint density at radius 3 is 2.56 bits per heavy atom. The molecule has 1 aliphatic heterocycles. The molecule has 1 saturated heterocycles. The van der Waals surface area contributed by atoms with Crippen molar-refractivity contribution in [2.75, 3.05) is 20.2 Å². The molecule has 1 atom stereocenters. The first-order valence-electron chi connectivity index (χ1n) is 9.98. The zero-order valence-electron chi connectivity index (χ0n) is 16.6. The van der Waals surface area contributed by atoms with Gasteiger partial charge in [-0.15, -0.1) is 0 Å². The van der Waals surface area contributed by atoms with E-state index in [0.29, 0.717) is 13.1 Å². The Labute approximate surface area is 161 Å². The van der Waals surface area contributed by atoms with Crippen LogP contribution in [0.1, 0.15) is 44.2 Å². The molecule has 6 heteroatoms. The van der Waals surface area contributed by atoms with Crippen molar-refractivity contribution >= 4 is 11.9 Å². The second-order valence-electron chi connectivity index (χ2n) is 7.95. The summed E-state index contributed by atoms with van der Waals surface area (Å²) in [6, 6.07) is 6.50. The number of ether oxygens (including phenoxy) is 1. The largest absolute Gasteiger partial charge is 0.497 e. The van der Waals surface area contributed by atoms with Crippen LogP contribution in [0.25, 0.3) is 0 Å². The number of hydrogen-bond donors (Lipinski definition) is 2. The molecule has 1 aromatic carbocycles. The highest BCUT2D eigenvalue weighted by atomic mass is 16.5. The maximum atomic E-state index is 12.7. The van der Waals surface area contributed by atoms with Gasteiger partial charge in [0, 0.05) is 31.1 Å². The number of likely N-dealkylation sites (tertiary alicyclic amines) is 1. The predicted octanol–water partition coefficient (Wildman–Crippen LogP) is 2.50. The molecule has 3 amide bonds. The highest BCUT2D eigenvalue weighted by molar-refractivity contribution is 5.80. The Kier molecular flexibility index (Phi) is 6.24. The van der Waals surface area contributed by atoms with Gasteiger partial charge in [-0.05, 0) is 69.2 Å². The summed E-state index contributed by atoms with van der Waals surface area (Å²) < 4.78 is 5.32. The van der Waals surface area contributed by atoms with Crippen molar-refractivity contribution in [3.63, 3.8) is 0 Å². The molecule has 1 fully saturated rings. The third-order valence-corrected chi connectivity index (χ3v) is 5.55. The molecule has 2 aliphatic rings. The lowest BCUT2D eigenvalue weighted by Crippen LogP contribution is -2.49.